The van der Waals surface area contributed by atoms with Crippen LogP contribution < -0.4 is 0 Å². The highest BCUT2D eigenvalue weighted by Gasteiger charge is 2.21. The Kier molecular flexibility index (Phi) is 13.4. The topological polar surface area (TPSA) is 66.8 Å². The van der Waals surface area contributed by atoms with Gasteiger partial charge in [0.1, 0.15) is 5.82 Å². The molecular formula is C35H49FO4. The Morgan fingerprint density at radius 3 is 2.17 bits per heavy atom. The molecule has 0 amide bonds. The number of esters is 1. The fourth-order valence-electron chi connectivity index (χ4n) is 5.97. The van der Waals surface area contributed by atoms with Gasteiger partial charge in [-0.25, -0.2) is 9.18 Å². The molecular weight excluding hydrogens is 503 g/mol. The Bertz CT molecular complexity index is 1080. The second kappa shape index (κ2) is 16.7. The van der Waals surface area contributed by atoms with Gasteiger partial charge >= 0.3 is 5.97 Å². The van der Waals surface area contributed by atoms with Crippen molar-refractivity contribution in [3.05, 3.63) is 71.1 Å². The standard InChI is InChI=1S/C35H49FO4/c1-4-31-21-28(7-5-8-30(23-37)24-38)16-18-32(31)33-19-17-29(22-34(33)36)15-14-27-12-10-26(11-13-27)9-6-20-40-35(39)25(2)3/h16-19,21-22,26-27,30,37-38H,2,4-15,20,23-24H2,1,3H3. The van der Waals surface area contributed by atoms with Gasteiger partial charge in [-0.15, -0.1) is 0 Å². The third-order valence-corrected chi connectivity index (χ3v) is 8.61. The van der Waals surface area contributed by atoms with E-state index in [2.05, 4.69) is 31.7 Å². The molecule has 1 aliphatic carbocycles. The number of aliphatic hydroxyl groups is 2. The summed E-state index contributed by atoms with van der Waals surface area (Å²) >= 11 is 0. The maximum atomic E-state index is 15.3. The van der Waals surface area contributed by atoms with Crippen molar-refractivity contribution in [3.8, 4) is 11.1 Å². The van der Waals surface area contributed by atoms with Crippen molar-refractivity contribution >= 4 is 5.97 Å². The van der Waals surface area contributed by atoms with Crippen LogP contribution in [0.1, 0.15) is 88.3 Å². The lowest BCUT2D eigenvalue weighted by molar-refractivity contribution is -0.139. The minimum Gasteiger partial charge on any atom is -0.462 e. The number of ether oxygens (including phenoxy) is 1. The first-order valence-electron chi connectivity index (χ1n) is 15.3. The van der Waals surface area contributed by atoms with E-state index in [0.29, 0.717) is 29.6 Å². The second-order valence-corrected chi connectivity index (χ2v) is 11.8. The highest BCUT2D eigenvalue weighted by Crippen LogP contribution is 2.35. The van der Waals surface area contributed by atoms with Gasteiger partial charge in [0, 0.05) is 30.3 Å². The van der Waals surface area contributed by atoms with E-state index in [0.717, 1.165) is 68.1 Å². The van der Waals surface area contributed by atoms with Crippen molar-refractivity contribution < 1.29 is 24.1 Å². The van der Waals surface area contributed by atoms with Gasteiger partial charge in [0.05, 0.1) is 6.61 Å². The molecule has 2 N–H and O–H groups in total. The number of aliphatic hydroxyl groups excluding tert-OH is 2. The van der Waals surface area contributed by atoms with Crippen LogP contribution in [0.5, 0.6) is 0 Å². The maximum absolute atomic E-state index is 15.3. The minimum absolute atomic E-state index is 0.0177. The Morgan fingerprint density at radius 2 is 1.57 bits per heavy atom. The van der Waals surface area contributed by atoms with E-state index in [1.807, 2.05) is 12.1 Å². The van der Waals surface area contributed by atoms with E-state index in [4.69, 9.17) is 4.74 Å². The molecule has 1 fully saturated rings. The van der Waals surface area contributed by atoms with E-state index >= 15 is 4.39 Å². The third kappa shape index (κ3) is 9.85. The fourth-order valence-corrected chi connectivity index (χ4v) is 5.97. The summed E-state index contributed by atoms with van der Waals surface area (Å²) in [6.45, 7) is 7.91. The second-order valence-electron chi connectivity index (χ2n) is 11.8. The summed E-state index contributed by atoms with van der Waals surface area (Å²) in [5.41, 5.74) is 5.52. The summed E-state index contributed by atoms with van der Waals surface area (Å²) < 4.78 is 20.5. The van der Waals surface area contributed by atoms with Crippen LogP contribution in [0, 0.1) is 23.6 Å². The van der Waals surface area contributed by atoms with Gasteiger partial charge in [-0.3, -0.25) is 0 Å². The predicted molar refractivity (Wildman–Crippen MR) is 161 cm³/mol. The summed E-state index contributed by atoms with van der Waals surface area (Å²) in [4.78, 5) is 11.5. The molecule has 2 aromatic carbocycles. The van der Waals surface area contributed by atoms with Crippen LogP contribution in [-0.4, -0.2) is 36.0 Å². The van der Waals surface area contributed by atoms with Crippen LogP contribution in [0.4, 0.5) is 4.39 Å². The first-order valence-corrected chi connectivity index (χ1v) is 15.3. The summed E-state index contributed by atoms with van der Waals surface area (Å²) in [5.74, 6) is 0.920. The van der Waals surface area contributed by atoms with Crippen LogP contribution in [0.15, 0.2) is 48.6 Å². The van der Waals surface area contributed by atoms with Crippen molar-refractivity contribution in [2.45, 2.75) is 90.9 Å². The smallest absolute Gasteiger partial charge is 0.333 e. The average molecular weight is 553 g/mol. The van der Waals surface area contributed by atoms with Gasteiger partial charge in [-0.05, 0) is 98.4 Å². The lowest BCUT2D eigenvalue weighted by atomic mass is 9.78. The molecule has 4 nitrogen and oxygen atoms in total. The molecule has 0 unspecified atom stereocenters. The van der Waals surface area contributed by atoms with Crippen LogP contribution in [0.25, 0.3) is 11.1 Å². The van der Waals surface area contributed by atoms with Gasteiger partial charge in [0.2, 0.25) is 0 Å². The largest absolute Gasteiger partial charge is 0.462 e. The SMILES string of the molecule is C=C(C)C(=O)OCCCC1CCC(CCc2ccc(-c3ccc(CCCC(CO)CO)cc3CC)c(F)c2)CC1. The number of rotatable bonds is 16. The molecule has 220 valence electrons. The molecule has 1 saturated carbocycles. The Hall–Kier alpha value is -2.50. The number of carbonyl (C=O) groups is 1. The third-order valence-electron chi connectivity index (χ3n) is 8.61. The Balaban J connectivity index is 1.46. The molecule has 0 bridgehead atoms. The van der Waals surface area contributed by atoms with Crippen LogP contribution in [0.3, 0.4) is 0 Å². The van der Waals surface area contributed by atoms with Crippen molar-refractivity contribution in [1.29, 1.82) is 0 Å². The number of halogens is 1. The molecule has 40 heavy (non-hydrogen) atoms. The summed E-state index contributed by atoms with van der Waals surface area (Å²) in [6.07, 6.45) is 12.4. The average Bonchev–Trinajstić information content (AvgIpc) is 2.97. The Morgan fingerprint density at radius 1 is 0.950 bits per heavy atom. The van der Waals surface area contributed by atoms with E-state index in [-0.39, 0.29) is 30.9 Å². The van der Waals surface area contributed by atoms with Gasteiger partial charge in [-0.1, -0.05) is 69.5 Å². The molecule has 0 saturated heterocycles. The van der Waals surface area contributed by atoms with Gasteiger partial charge in [-0.2, -0.15) is 0 Å². The predicted octanol–water partition coefficient (Wildman–Crippen LogP) is 7.62. The molecule has 3 rings (SSSR count). The fraction of sp³-hybridized carbons (Fsp3) is 0.571. The summed E-state index contributed by atoms with van der Waals surface area (Å²) in [7, 11) is 0. The van der Waals surface area contributed by atoms with Gasteiger partial charge < -0.3 is 14.9 Å². The highest BCUT2D eigenvalue weighted by molar-refractivity contribution is 5.86. The molecule has 0 spiro atoms. The number of hydrogen-bond acceptors (Lipinski definition) is 4. The molecule has 0 heterocycles. The lowest BCUT2D eigenvalue weighted by Crippen LogP contribution is -2.16. The van der Waals surface area contributed by atoms with Crippen molar-refractivity contribution in [3.63, 3.8) is 0 Å². The summed E-state index contributed by atoms with van der Waals surface area (Å²) in [6, 6.07) is 12.1. The number of aryl methyl sites for hydroxylation is 3. The van der Waals surface area contributed by atoms with E-state index < -0.39 is 0 Å². The molecule has 5 heteroatoms. The van der Waals surface area contributed by atoms with Crippen LogP contribution in [-0.2, 0) is 28.8 Å². The lowest BCUT2D eigenvalue weighted by Gasteiger charge is -2.28. The zero-order valence-corrected chi connectivity index (χ0v) is 24.6. The van der Waals surface area contributed by atoms with Crippen molar-refractivity contribution in [2.24, 2.45) is 17.8 Å². The molecule has 0 aromatic heterocycles. The Labute approximate surface area is 240 Å². The zero-order chi connectivity index (χ0) is 28.9. The minimum atomic E-state index is -0.295. The number of hydrogen-bond donors (Lipinski definition) is 2. The molecule has 1 aliphatic rings. The van der Waals surface area contributed by atoms with Gasteiger partial charge in [0.25, 0.3) is 0 Å². The summed E-state index contributed by atoms with van der Waals surface area (Å²) in [5, 5.41) is 18.5. The van der Waals surface area contributed by atoms with E-state index in [1.54, 1.807) is 13.0 Å². The van der Waals surface area contributed by atoms with E-state index in [9.17, 15) is 15.0 Å². The molecule has 0 radical (unpaired) electrons. The maximum Gasteiger partial charge on any atom is 0.333 e. The van der Waals surface area contributed by atoms with Crippen LogP contribution in [0.2, 0.25) is 0 Å². The number of benzene rings is 2. The highest BCUT2D eigenvalue weighted by atomic mass is 19.1. The zero-order valence-electron chi connectivity index (χ0n) is 24.6. The van der Waals surface area contributed by atoms with Crippen molar-refractivity contribution in [2.75, 3.05) is 19.8 Å². The molecule has 0 atom stereocenters. The van der Waals surface area contributed by atoms with E-state index in [1.165, 1.54) is 31.2 Å². The van der Waals surface area contributed by atoms with Gasteiger partial charge in [0.15, 0.2) is 0 Å². The first kappa shape index (κ1) is 32.0. The number of carbonyl (C=O) groups excluding carboxylic acids is 1. The van der Waals surface area contributed by atoms with Crippen molar-refractivity contribution in [1.82, 2.24) is 0 Å². The first-order chi connectivity index (χ1) is 19.3. The van der Waals surface area contributed by atoms with Crippen LogP contribution >= 0.6 is 0 Å². The monoisotopic (exact) mass is 552 g/mol. The molecule has 2 aromatic rings. The normalized spacial score (nSPS) is 17.2. The quantitative estimate of drug-likeness (QED) is 0.128. The molecule has 0 aliphatic heterocycles.